The Bertz CT molecular complexity index is 815. The van der Waals surface area contributed by atoms with Crippen molar-refractivity contribution in [3.8, 4) is 0 Å². The van der Waals surface area contributed by atoms with Crippen LogP contribution in [0.25, 0.3) is 0 Å². The third-order valence-electron chi connectivity index (χ3n) is 5.73. The quantitative estimate of drug-likeness (QED) is 0.703. The van der Waals surface area contributed by atoms with Gasteiger partial charge in [-0.3, -0.25) is 14.4 Å². The number of carbonyl (C=O) groups is 3. The molecule has 28 heavy (non-hydrogen) atoms. The van der Waals surface area contributed by atoms with Crippen LogP contribution in [0.4, 0.5) is 11.4 Å². The van der Waals surface area contributed by atoms with Gasteiger partial charge in [0, 0.05) is 6.04 Å². The van der Waals surface area contributed by atoms with Crippen LogP contribution < -0.4 is 16.0 Å². The average Bonchev–Trinajstić information content (AvgIpc) is 3.18. The van der Waals surface area contributed by atoms with Crippen molar-refractivity contribution in [2.45, 2.75) is 44.6 Å². The van der Waals surface area contributed by atoms with Crippen LogP contribution in [0.3, 0.4) is 0 Å². The summed E-state index contributed by atoms with van der Waals surface area (Å²) in [5.74, 6) is -3.11. The van der Waals surface area contributed by atoms with Gasteiger partial charge in [-0.1, -0.05) is 49.6 Å². The highest BCUT2D eigenvalue weighted by Crippen LogP contribution is 2.33. The molecule has 1 saturated carbocycles. The largest absolute Gasteiger partial charge is 0.353 e. The number of benzene rings is 1. The standard InChI is InChI=1S/C22H25N3O3/c26-20(23-15-10-2-1-3-11-15)18(14-8-4-5-9-14)19-21(27)24-16-12-6-7-13-17(16)25-22(19)28/h4,6-9,12-13,15,18-19H,1-3,5,10-11H2,(H,23,26)(H,24,27)(H,25,28). The number of hydrogen-bond acceptors (Lipinski definition) is 3. The minimum Gasteiger partial charge on any atom is -0.353 e. The summed E-state index contributed by atoms with van der Waals surface area (Å²) < 4.78 is 0. The molecule has 6 nitrogen and oxygen atoms in total. The van der Waals surface area contributed by atoms with Gasteiger partial charge >= 0.3 is 0 Å². The Hall–Kier alpha value is -2.89. The number of amides is 3. The first-order chi connectivity index (χ1) is 13.6. The fraction of sp³-hybridized carbons (Fsp3) is 0.409. The first-order valence-electron chi connectivity index (χ1n) is 10.0. The molecule has 4 rings (SSSR count). The van der Waals surface area contributed by atoms with Gasteiger partial charge in [0.15, 0.2) is 0 Å². The van der Waals surface area contributed by atoms with E-state index in [-0.39, 0.29) is 11.9 Å². The number of para-hydroxylation sites is 2. The second-order valence-corrected chi connectivity index (χ2v) is 7.67. The molecule has 3 aliphatic rings. The van der Waals surface area contributed by atoms with Crippen molar-refractivity contribution in [1.82, 2.24) is 5.32 Å². The minimum atomic E-state index is -1.12. The number of allylic oxidation sites excluding steroid dienone is 3. The third-order valence-corrected chi connectivity index (χ3v) is 5.73. The van der Waals surface area contributed by atoms with Gasteiger partial charge in [-0.25, -0.2) is 0 Å². The van der Waals surface area contributed by atoms with E-state index in [4.69, 9.17) is 0 Å². The van der Waals surface area contributed by atoms with E-state index >= 15 is 0 Å². The van der Waals surface area contributed by atoms with E-state index in [1.165, 1.54) is 6.42 Å². The summed E-state index contributed by atoms with van der Waals surface area (Å²) in [5, 5.41) is 8.73. The average molecular weight is 379 g/mol. The van der Waals surface area contributed by atoms with Gasteiger partial charge in [-0.2, -0.15) is 0 Å². The van der Waals surface area contributed by atoms with E-state index in [9.17, 15) is 14.4 Å². The molecule has 146 valence electrons. The smallest absolute Gasteiger partial charge is 0.238 e. The van der Waals surface area contributed by atoms with Gasteiger partial charge in [-0.05, 0) is 37.0 Å². The van der Waals surface area contributed by atoms with Crippen molar-refractivity contribution in [2.75, 3.05) is 10.6 Å². The molecule has 0 aromatic heterocycles. The summed E-state index contributed by atoms with van der Waals surface area (Å²) in [4.78, 5) is 39.2. The number of rotatable bonds is 4. The second-order valence-electron chi connectivity index (χ2n) is 7.67. The topological polar surface area (TPSA) is 87.3 Å². The first-order valence-corrected chi connectivity index (χ1v) is 10.0. The number of fused-ring (bicyclic) bond motifs is 1. The number of carbonyl (C=O) groups excluding carboxylic acids is 3. The van der Waals surface area contributed by atoms with Crippen molar-refractivity contribution >= 4 is 29.1 Å². The van der Waals surface area contributed by atoms with Crippen molar-refractivity contribution in [2.24, 2.45) is 11.8 Å². The molecule has 1 aromatic rings. The lowest BCUT2D eigenvalue weighted by Gasteiger charge is -2.28. The molecule has 3 amide bonds. The Kier molecular flexibility index (Phi) is 5.28. The lowest BCUT2D eigenvalue weighted by molar-refractivity contribution is -0.137. The maximum absolute atomic E-state index is 13.2. The van der Waals surface area contributed by atoms with Crippen LogP contribution in [0.1, 0.15) is 38.5 Å². The van der Waals surface area contributed by atoms with Gasteiger partial charge in [0.1, 0.15) is 5.92 Å². The molecule has 1 unspecified atom stereocenters. The van der Waals surface area contributed by atoms with E-state index in [0.717, 1.165) is 31.3 Å². The summed E-state index contributed by atoms with van der Waals surface area (Å²) in [6.45, 7) is 0. The molecular formula is C22H25N3O3. The van der Waals surface area contributed by atoms with E-state index in [2.05, 4.69) is 16.0 Å². The fourth-order valence-corrected chi connectivity index (χ4v) is 4.28. The molecular weight excluding hydrogens is 354 g/mol. The Morgan fingerprint density at radius 2 is 1.64 bits per heavy atom. The number of nitrogens with one attached hydrogen (secondary N) is 3. The monoisotopic (exact) mass is 379 g/mol. The zero-order valence-electron chi connectivity index (χ0n) is 15.7. The zero-order valence-corrected chi connectivity index (χ0v) is 15.7. The van der Waals surface area contributed by atoms with Gasteiger partial charge in [0.25, 0.3) is 0 Å². The number of anilines is 2. The molecule has 1 fully saturated rings. The predicted octanol–water partition coefficient (Wildman–Crippen LogP) is 3.14. The lowest BCUT2D eigenvalue weighted by Crippen LogP contribution is -2.48. The molecule has 0 radical (unpaired) electrons. The van der Waals surface area contributed by atoms with Crippen LogP contribution in [-0.4, -0.2) is 23.8 Å². The highest BCUT2D eigenvalue weighted by atomic mass is 16.2. The van der Waals surface area contributed by atoms with Crippen LogP contribution >= 0.6 is 0 Å². The fourth-order valence-electron chi connectivity index (χ4n) is 4.28. The predicted molar refractivity (Wildman–Crippen MR) is 108 cm³/mol. The molecule has 1 aliphatic heterocycles. The van der Waals surface area contributed by atoms with Gasteiger partial charge < -0.3 is 16.0 Å². The Morgan fingerprint density at radius 1 is 1.00 bits per heavy atom. The van der Waals surface area contributed by atoms with Crippen molar-refractivity contribution in [3.63, 3.8) is 0 Å². The van der Waals surface area contributed by atoms with E-state index in [0.29, 0.717) is 17.8 Å². The number of hydrogen-bond donors (Lipinski definition) is 3. The summed E-state index contributed by atoms with van der Waals surface area (Å²) in [7, 11) is 0. The Balaban J connectivity index is 1.62. The molecule has 0 saturated heterocycles. The Labute approximate surface area is 164 Å². The summed E-state index contributed by atoms with van der Waals surface area (Å²) in [6.07, 6.45) is 11.7. The summed E-state index contributed by atoms with van der Waals surface area (Å²) in [5.41, 5.74) is 1.83. The highest BCUT2D eigenvalue weighted by Gasteiger charge is 2.43. The van der Waals surface area contributed by atoms with Crippen molar-refractivity contribution in [1.29, 1.82) is 0 Å². The normalized spacial score (nSPS) is 21.2. The Morgan fingerprint density at radius 3 is 2.21 bits per heavy atom. The van der Waals surface area contributed by atoms with Crippen LogP contribution in [0.5, 0.6) is 0 Å². The van der Waals surface area contributed by atoms with Crippen LogP contribution in [0, 0.1) is 11.8 Å². The maximum atomic E-state index is 13.2. The van der Waals surface area contributed by atoms with Crippen LogP contribution in [0.2, 0.25) is 0 Å². The first kappa shape index (κ1) is 18.5. The highest BCUT2D eigenvalue weighted by molar-refractivity contribution is 6.17. The molecule has 3 N–H and O–H groups in total. The zero-order chi connectivity index (χ0) is 19.5. The lowest BCUT2D eigenvalue weighted by atomic mass is 9.83. The minimum absolute atomic E-state index is 0.115. The van der Waals surface area contributed by atoms with Gasteiger partial charge in [0.05, 0.1) is 17.3 Å². The molecule has 1 heterocycles. The van der Waals surface area contributed by atoms with E-state index in [1.54, 1.807) is 24.3 Å². The molecule has 0 bridgehead atoms. The SMILES string of the molecule is O=C1Nc2ccccc2NC(=O)C1C(C(=O)NC1CCCCC1)C1=CCC=C1. The van der Waals surface area contributed by atoms with Crippen LogP contribution in [0.15, 0.2) is 48.1 Å². The second kappa shape index (κ2) is 8.00. The molecule has 2 aliphatic carbocycles. The van der Waals surface area contributed by atoms with E-state index in [1.807, 2.05) is 18.2 Å². The molecule has 1 aromatic carbocycles. The van der Waals surface area contributed by atoms with E-state index < -0.39 is 23.7 Å². The maximum Gasteiger partial charge on any atom is 0.238 e. The molecule has 1 atom stereocenters. The van der Waals surface area contributed by atoms with Gasteiger partial charge in [-0.15, -0.1) is 0 Å². The summed E-state index contributed by atoms with van der Waals surface area (Å²) in [6, 6.07) is 7.18. The van der Waals surface area contributed by atoms with Crippen LogP contribution in [-0.2, 0) is 14.4 Å². The van der Waals surface area contributed by atoms with Gasteiger partial charge in [0.2, 0.25) is 17.7 Å². The molecule has 0 spiro atoms. The third kappa shape index (κ3) is 3.72. The summed E-state index contributed by atoms with van der Waals surface area (Å²) >= 11 is 0. The molecule has 6 heteroatoms. The van der Waals surface area contributed by atoms with Crippen molar-refractivity contribution in [3.05, 3.63) is 48.1 Å². The van der Waals surface area contributed by atoms with Crippen molar-refractivity contribution < 1.29 is 14.4 Å².